The Morgan fingerprint density at radius 2 is 2.28 bits per heavy atom. The molecule has 0 saturated carbocycles. The molecular weight excluding hydrogens is 233 g/mol. The van der Waals surface area contributed by atoms with E-state index in [1.165, 1.54) is 6.07 Å². The number of nitrogens with zero attached hydrogens (tertiary/aromatic N) is 2. The number of nitrogens with one attached hydrogen (secondary N) is 1. The topological polar surface area (TPSA) is 56.1 Å². The summed E-state index contributed by atoms with van der Waals surface area (Å²) in [6.07, 6.45) is 0. The van der Waals surface area contributed by atoms with Crippen LogP contribution in [0.25, 0.3) is 0 Å². The van der Waals surface area contributed by atoms with E-state index in [4.69, 9.17) is 5.26 Å². The maximum Gasteiger partial charge on any atom is 0.234 e. The van der Waals surface area contributed by atoms with Crippen LogP contribution < -0.4 is 5.32 Å². The Morgan fingerprint density at radius 3 is 2.89 bits per heavy atom. The first-order valence-electron chi connectivity index (χ1n) is 5.60. The minimum Gasteiger partial charge on any atom is -0.351 e. The summed E-state index contributed by atoms with van der Waals surface area (Å²) in [7, 11) is 1.69. The first-order chi connectivity index (χ1) is 8.52. The SMILES string of the molecule is Cc1ccc(CNC(=O)CN(C)CC#N)cc1F. The summed E-state index contributed by atoms with van der Waals surface area (Å²) in [5, 5.41) is 11.1. The van der Waals surface area contributed by atoms with Crippen molar-refractivity contribution in [3.8, 4) is 6.07 Å². The zero-order valence-corrected chi connectivity index (χ0v) is 10.5. The number of halogens is 1. The van der Waals surface area contributed by atoms with E-state index in [2.05, 4.69) is 5.32 Å². The van der Waals surface area contributed by atoms with Crippen molar-refractivity contribution in [2.75, 3.05) is 20.1 Å². The largest absolute Gasteiger partial charge is 0.351 e. The highest BCUT2D eigenvalue weighted by Gasteiger charge is 2.06. The summed E-state index contributed by atoms with van der Waals surface area (Å²) in [6, 6.07) is 6.82. The molecule has 0 radical (unpaired) electrons. The van der Waals surface area contributed by atoms with Crippen LogP contribution in [0.3, 0.4) is 0 Å². The lowest BCUT2D eigenvalue weighted by Gasteiger charge is -2.12. The van der Waals surface area contributed by atoms with Gasteiger partial charge in [-0.25, -0.2) is 4.39 Å². The van der Waals surface area contributed by atoms with Crippen molar-refractivity contribution in [3.63, 3.8) is 0 Å². The molecule has 1 amide bonds. The third-order valence-corrected chi connectivity index (χ3v) is 2.48. The molecular formula is C13H16FN3O. The predicted molar refractivity (Wildman–Crippen MR) is 66.1 cm³/mol. The Balaban J connectivity index is 2.43. The second-order valence-electron chi connectivity index (χ2n) is 4.19. The number of benzene rings is 1. The molecule has 0 unspecified atom stereocenters. The van der Waals surface area contributed by atoms with Crippen molar-refractivity contribution >= 4 is 5.91 Å². The highest BCUT2D eigenvalue weighted by molar-refractivity contribution is 5.77. The molecule has 0 fully saturated rings. The fraction of sp³-hybridized carbons (Fsp3) is 0.385. The van der Waals surface area contributed by atoms with Crippen LogP contribution in [0.5, 0.6) is 0 Å². The molecule has 1 aromatic rings. The second-order valence-corrected chi connectivity index (χ2v) is 4.19. The van der Waals surface area contributed by atoms with Gasteiger partial charge in [0.05, 0.1) is 19.2 Å². The first-order valence-corrected chi connectivity index (χ1v) is 5.60. The van der Waals surface area contributed by atoms with Crippen molar-refractivity contribution in [3.05, 3.63) is 35.1 Å². The molecule has 0 spiro atoms. The van der Waals surface area contributed by atoms with Crippen molar-refractivity contribution < 1.29 is 9.18 Å². The van der Waals surface area contributed by atoms with Crippen LogP contribution in [0.1, 0.15) is 11.1 Å². The Morgan fingerprint density at radius 1 is 1.56 bits per heavy atom. The smallest absolute Gasteiger partial charge is 0.234 e. The Kier molecular flexibility index (Phi) is 5.28. The molecule has 0 aliphatic carbocycles. The Hall–Kier alpha value is -1.93. The number of amides is 1. The lowest BCUT2D eigenvalue weighted by Crippen LogP contribution is -2.34. The molecule has 1 rings (SSSR count). The number of hydrogen-bond donors (Lipinski definition) is 1. The van der Waals surface area contributed by atoms with Crippen LogP contribution in [0.4, 0.5) is 4.39 Å². The van der Waals surface area contributed by atoms with E-state index < -0.39 is 0 Å². The molecule has 0 atom stereocenters. The molecule has 1 N–H and O–H groups in total. The average molecular weight is 249 g/mol. The van der Waals surface area contributed by atoms with Crippen LogP contribution in [-0.4, -0.2) is 30.9 Å². The lowest BCUT2D eigenvalue weighted by molar-refractivity contribution is -0.122. The zero-order valence-electron chi connectivity index (χ0n) is 10.5. The number of carbonyl (C=O) groups is 1. The third kappa shape index (κ3) is 4.52. The number of rotatable bonds is 5. The molecule has 0 aromatic heterocycles. The number of nitriles is 1. The van der Waals surface area contributed by atoms with E-state index >= 15 is 0 Å². The minimum atomic E-state index is -0.275. The molecule has 0 aliphatic rings. The van der Waals surface area contributed by atoms with Crippen molar-refractivity contribution in [2.24, 2.45) is 0 Å². The van der Waals surface area contributed by atoms with Crippen LogP contribution in [-0.2, 0) is 11.3 Å². The Labute approximate surface area is 106 Å². The van der Waals surface area contributed by atoms with Gasteiger partial charge in [-0.05, 0) is 31.2 Å². The third-order valence-electron chi connectivity index (χ3n) is 2.48. The van der Waals surface area contributed by atoms with Gasteiger partial charge in [0.25, 0.3) is 0 Å². The van der Waals surface area contributed by atoms with E-state index in [0.717, 1.165) is 5.56 Å². The predicted octanol–water partition coefficient (Wildman–Crippen LogP) is 1.21. The normalized spacial score (nSPS) is 10.2. The lowest BCUT2D eigenvalue weighted by atomic mass is 10.1. The monoisotopic (exact) mass is 249 g/mol. The number of hydrogen-bond acceptors (Lipinski definition) is 3. The van der Waals surface area contributed by atoms with E-state index in [0.29, 0.717) is 5.56 Å². The van der Waals surface area contributed by atoms with E-state index in [1.807, 2.05) is 6.07 Å². The molecule has 18 heavy (non-hydrogen) atoms. The molecule has 96 valence electrons. The number of likely N-dealkylation sites (N-methyl/N-ethyl adjacent to an activating group) is 1. The highest BCUT2D eigenvalue weighted by atomic mass is 19.1. The summed E-state index contributed by atoms with van der Waals surface area (Å²) in [5.41, 5.74) is 1.30. The van der Waals surface area contributed by atoms with Crippen LogP contribution in [0.2, 0.25) is 0 Å². The first kappa shape index (κ1) is 14.1. The van der Waals surface area contributed by atoms with E-state index in [-0.39, 0.29) is 31.4 Å². The molecule has 0 saturated heterocycles. The van der Waals surface area contributed by atoms with Gasteiger partial charge in [-0.2, -0.15) is 5.26 Å². The molecule has 0 heterocycles. The minimum absolute atomic E-state index is 0.155. The summed E-state index contributed by atoms with van der Waals surface area (Å²) in [6.45, 7) is 2.33. The maximum absolute atomic E-state index is 13.3. The summed E-state index contributed by atoms with van der Waals surface area (Å²) >= 11 is 0. The van der Waals surface area contributed by atoms with Gasteiger partial charge in [-0.3, -0.25) is 9.69 Å². The second kappa shape index (κ2) is 6.72. The fourth-order valence-electron chi connectivity index (χ4n) is 1.42. The fourth-order valence-corrected chi connectivity index (χ4v) is 1.42. The van der Waals surface area contributed by atoms with Gasteiger partial charge < -0.3 is 5.32 Å². The molecule has 1 aromatic carbocycles. The van der Waals surface area contributed by atoms with Crippen molar-refractivity contribution in [1.29, 1.82) is 5.26 Å². The van der Waals surface area contributed by atoms with Gasteiger partial charge in [-0.1, -0.05) is 12.1 Å². The van der Waals surface area contributed by atoms with Gasteiger partial charge in [0.1, 0.15) is 5.82 Å². The van der Waals surface area contributed by atoms with Crippen molar-refractivity contribution in [1.82, 2.24) is 10.2 Å². The standard InChI is InChI=1S/C13H16FN3O/c1-10-3-4-11(7-12(10)14)8-16-13(18)9-17(2)6-5-15/h3-4,7H,6,8-9H2,1-2H3,(H,16,18). The molecule has 0 bridgehead atoms. The van der Waals surface area contributed by atoms with Gasteiger partial charge >= 0.3 is 0 Å². The molecule has 4 nitrogen and oxygen atoms in total. The van der Waals surface area contributed by atoms with Gasteiger partial charge in [-0.15, -0.1) is 0 Å². The molecule has 0 aliphatic heterocycles. The van der Waals surface area contributed by atoms with Crippen molar-refractivity contribution in [2.45, 2.75) is 13.5 Å². The van der Waals surface area contributed by atoms with Gasteiger partial charge in [0, 0.05) is 6.54 Å². The maximum atomic E-state index is 13.3. The summed E-state index contributed by atoms with van der Waals surface area (Å²) < 4.78 is 13.3. The van der Waals surface area contributed by atoms with Gasteiger partial charge in [0.15, 0.2) is 0 Å². The summed E-state index contributed by atoms with van der Waals surface area (Å²) in [4.78, 5) is 13.1. The highest BCUT2D eigenvalue weighted by Crippen LogP contribution is 2.08. The zero-order chi connectivity index (χ0) is 13.5. The Bertz CT molecular complexity index is 468. The van der Waals surface area contributed by atoms with Crippen LogP contribution >= 0.6 is 0 Å². The van der Waals surface area contributed by atoms with Gasteiger partial charge in [0.2, 0.25) is 5.91 Å². The molecule has 5 heteroatoms. The average Bonchev–Trinajstić information content (AvgIpc) is 2.31. The summed E-state index contributed by atoms with van der Waals surface area (Å²) in [5.74, 6) is -0.461. The number of aryl methyl sites for hydroxylation is 1. The van der Waals surface area contributed by atoms with E-state index in [1.54, 1.807) is 31.0 Å². The number of carbonyl (C=O) groups excluding carboxylic acids is 1. The van der Waals surface area contributed by atoms with E-state index in [9.17, 15) is 9.18 Å². The van der Waals surface area contributed by atoms with Crippen LogP contribution in [0, 0.1) is 24.1 Å². The quantitative estimate of drug-likeness (QED) is 0.798. The van der Waals surface area contributed by atoms with Crippen LogP contribution in [0.15, 0.2) is 18.2 Å².